The van der Waals surface area contributed by atoms with E-state index in [0.717, 1.165) is 51.6 Å². The second-order valence-electron chi connectivity index (χ2n) is 6.62. The van der Waals surface area contributed by atoms with E-state index in [-0.39, 0.29) is 5.91 Å². The van der Waals surface area contributed by atoms with Crippen molar-refractivity contribution in [3.8, 4) is 0 Å². The first kappa shape index (κ1) is 17.4. The second-order valence-corrected chi connectivity index (χ2v) is 6.62. The molecule has 1 amide bonds. The van der Waals surface area contributed by atoms with Crippen molar-refractivity contribution in [3.05, 3.63) is 0 Å². The number of carbonyl (C=O) groups excluding carboxylic acids is 1. The minimum Gasteiger partial charge on any atom is -0.356 e. The van der Waals surface area contributed by atoms with Gasteiger partial charge in [-0.2, -0.15) is 0 Å². The number of nitrogens with zero attached hydrogens (tertiary/aromatic N) is 1. The predicted molar refractivity (Wildman–Crippen MR) is 84.6 cm³/mol. The van der Waals surface area contributed by atoms with Crippen LogP contribution < -0.4 is 11.1 Å². The summed E-state index contributed by atoms with van der Waals surface area (Å²) in [6, 6.07) is 0.967. The van der Waals surface area contributed by atoms with Gasteiger partial charge < -0.3 is 16.0 Å². The number of amides is 1. The van der Waals surface area contributed by atoms with E-state index in [9.17, 15) is 4.79 Å². The summed E-state index contributed by atoms with van der Waals surface area (Å²) >= 11 is 0. The molecule has 4 nitrogen and oxygen atoms in total. The Morgan fingerprint density at radius 1 is 1.25 bits per heavy atom. The molecule has 118 valence electrons. The van der Waals surface area contributed by atoms with Crippen molar-refractivity contribution in [2.24, 2.45) is 11.7 Å². The van der Waals surface area contributed by atoms with Gasteiger partial charge in [-0.3, -0.25) is 4.79 Å². The van der Waals surface area contributed by atoms with Crippen LogP contribution in [0.4, 0.5) is 0 Å². The molecule has 0 atom stereocenters. The smallest absolute Gasteiger partial charge is 0.220 e. The molecule has 4 heteroatoms. The summed E-state index contributed by atoms with van der Waals surface area (Å²) in [5.74, 6) is 0.782. The van der Waals surface area contributed by atoms with Crippen molar-refractivity contribution in [2.45, 2.75) is 70.9 Å². The molecule has 1 rings (SSSR count). The van der Waals surface area contributed by atoms with Crippen LogP contribution in [0.1, 0.15) is 58.8 Å². The number of nitrogens with one attached hydrogen (secondary N) is 1. The summed E-state index contributed by atoms with van der Waals surface area (Å²) in [6.07, 6.45) is 7.31. The summed E-state index contributed by atoms with van der Waals surface area (Å²) in [5, 5.41) is 3.06. The molecule has 0 aliphatic heterocycles. The van der Waals surface area contributed by atoms with Crippen LogP contribution in [0, 0.1) is 5.92 Å². The largest absolute Gasteiger partial charge is 0.356 e. The monoisotopic (exact) mass is 283 g/mol. The van der Waals surface area contributed by atoms with E-state index >= 15 is 0 Å². The number of hydrogen-bond acceptors (Lipinski definition) is 3. The highest BCUT2D eigenvalue weighted by Crippen LogP contribution is 2.25. The molecule has 1 saturated carbocycles. The summed E-state index contributed by atoms with van der Waals surface area (Å²) in [4.78, 5) is 14.2. The SMILES string of the molecule is CC(C)N(C)CCCCNC(=O)CC1CCC(N)CC1. The molecule has 0 saturated heterocycles. The zero-order valence-electron chi connectivity index (χ0n) is 13.5. The summed E-state index contributed by atoms with van der Waals surface area (Å²) in [6.45, 7) is 6.33. The molecule has 0 aromatic heterocycles. The molecule has 0 unspecified atom stereocenters. The lowest BCUT2D eigenvalue weighted by Gasteiger charge is -2.25. The quantitative estimate of drug-likeness (QED) is 0.671. The van der Waals surface area contributed by atoms with Gasteiger partial charge in [-0.25, -0.2) is 0 Å². The molecular formula is C16H33N3O. The lowest BCUT2D eigenvalue weighted by Crippen LogP contribution is -2.31. The van der Waals surface area contributed by atoms with Crippen molar-refractivity contribution in [2.75, 3.05) is 20.1 Å². The molecular weight excluding hydrogens is 250 g/mol. The molecule has 20 heavy (non-hydrogen) atoms. The molecule has 0 radical (unpaired) electrons. The van der Waals surface area contributed by atoms with Crippen LogP contribution in [0.25, 0.3) is 0 Å². The van der Waals surface area contributed by atoms with Gasteiger partial charge in [0.2, 0.25) is 5.91 Å². The third-order valence-electron chi connectivity index (χ3n) is 4.51. The lowest BCUT2D eigenvalue weighted by atomic mass is 9.84. The Hall–Kier alpha value is -0.610. The van der Waals surface area contributed by atoms with Crippen LogP contribution in [-0.4, -0.2) is 43.0 Å². The van der Waals surface area contributed by atoms with Crippen molar-refractivity contribution < 1.29 is 4.79 Å². The zero-order valence-corrected chi connectivity index (χ0v) is 13.5. The van der Waals surface area contributed by atoms with E-state index in [1.54, 1.807) is 0 Å². The molecule has 0 aromatic carbocycles. The van der Waals surface area contributed by atoms with E-state index in [2.05, 4.69) is 31.1 Å². The Morgan fingerprint density at radius 2 is 1.90 bits per heavy atom. The Balaban J connectivity index is 2.00. The van der Waals surface area contributed by atoms with Gasteiger partial charge in [0.05, 0.1) is 0 Å². The third-order valence-corrected chi connectivity index (χ3v) is 4.51. The van der Waals surface area contributed by atoms with E-state index in [1.165, 1.54) is 0 Å². The van der Waals surface area contributed by atoms with Crippen LogP contribution >= 0.6 is 0 Å². The van der Waals surface area contributed by atoms with Crippen LogP contribution in [0.2, 0.25) is 0 Å². The van der Waals surface area contributed by atoms with Gasteiger partial charge in [0.25, 0.3) is 0 Å². The topological polar surface area (TPSA) is 58.4 Å². The summed E-state index contributed by atoms with van der Waals surface area (Å²) in [5.41, 5.74) is 5.88. The number of hydrogen-bond donors (Lipinski definition) is 2. The molecule has 0 spiro atoms. The minimum atomic E-state index is 0.225. The van der Waals surface area contributed by atoms with E-state index < -0.39 is 0 Å². The van der Waals surface area contributed by atoms with Gasteiger partial charge in [0, 0.05) is 25.0 Å². The number of carbonyl (C=O) groups is 1. The van der Waals surface area contributed by atoms with Crippen molar-refractivity contribution in [1.82, 2.24) is 10.2 Å². The highest BCUT2D eigenvalue weighted by atomic mass is 16.1. The minimum absolute atomic E-state index is 0.225. The maximum absolute atomic E-state index is 11.8. The average molecular weight is 283 g/mol. The predicted octanol–water partition coefficient (Wildman–Crippen LogP) is 2.13. The normalized spacial score (nSPS) is 23.3. The zero-order chi connectivity index (χ0) is 15.0. The van der Waals surface area contributed by atoms with Crippen molar-refractivity contribution in [3.63, 3.8) is 0 Å². The molecule has 1 fully saturated rings. The fourth-order valence-corrected chi connectivity index (χ4v) is 2.70. The molecule has 3 N–H and O–H groups in total. The Bertz CT molecular complexity index is 273. The first-order chi connectivity index (χ1) is 9.49. The Kier molecular flexibility index (Phi) is 8.15. The average Bonchev–Trinajstić information content (AvgIpc) is 2.40. The summed E-state index contributed by atoms with van der Waals surface area (Å²) in [7, 11) is 2.15. The fourth-order valence-electron chi connectivity index (χ4n) is 2.70. The van der Waals surface area contributed by atoms with E-state index in [0.29, 0.717) is 24.4 Å². The second kappa shape index (κ2) is 9.35. The first-order valence-corrected chi connectivity index (χ1v) is 8.21. The van der Waals surface area contributed by atoms with E-state index in [1.807, 2.05) is 0 Å². The number of unbranched alkanes of at least 4 members (excludes halogenated alkanes) is 1. The third kappa shape index (κ3) is 7.25. The van der Waals surface area contributed by atoms with Gasteiger partial charge in [-0.05, 0) is 71.9 Å². The fraction of sp³-hybridized carbons (Fsp3) is 0.938. The number of rotatable bonds is 8. The molecule has 1 aliphatic rings. The van der Waals surface area contributed by atoms with Crippen LogP contribution in [0.5, 0.6) is 0 Å². The molecule has 0 heterocycles. The Morgan fingerprint density at radius 3 is 2.50 bits per heavy atom. The van der Waals surface area contributed by atoms with Gasteiger partial charge in [0.15, 0.2) is 0 Å². The van der Waals surface area contributed by atoms with Crippen LogP contribution in [0.3, 0.4) is 0 Å². The highest BCUT2D eigenvalue weighted by Gasteiger charge is 2.20. The summed E-state index contributed by atoms with van der Waals surface area (Å²) < 4.78 is 0. The van der Waals surface area contributed by atoms with Crippen LogP contribution in [-0.2, 0) is 4.79 Å². The molecule has 0 aromatic rings. The van der Waals surface area contributed by atoms with Crippen molar-refractivity contribution >= 4 is 5.91 Å². The standard InChI is InChI=1S/C16H33N3O/c1-13(2)19(3)11-5-4-10-18-16(20)12-14-6-8-15(17)9-7-14/h13-15H,4-12,17H2,1-3H3,(H,18,20). The maximum atomic E-state index is 11.8. The van der Waals surface area contributed by atoms with Gasteiger partial charge in [0.1, 0.15) is 0 Å². The first-order valence-electron chi connectivity index (χ1n) is 8.21. The Labute approximate surface area is 124 Å². The van der Waals surface area contributed by atoms with Crippen molar-refractivity contribution in [1.29, 1.82) is 0 Å². The van der Waals surface area contributed by atoms with Gasteiger partial charge >= 0.3 is 0 Å². The van der Waals surface area contributed by atoms with E-state index in [4.69, 9.17) is 5.73 Å². The maximum Gasteiger partial charge on any atom is 0.220 e. The lowest BCUT2D eigenvalue weighted by molar-refractivity contribution is -0.122. The number of nitrogens with two attached hydrogens (primary N) is 1. The molecule has 1 aliphatic carbocycles. The highest BCUT2D eigenvalue weighted by molar-refractivity contribution is 5.76. The van der Waals surface area contributed by atoms with Gasteiger partial charge in [-0.15, -0.1) is 0 Å². The van der Waals surface area contributed by atoms with Crippen LogP contribution in [0.15, 0.2) is 0 Å². The van der Waals surface area contributed by atoms with Gasteiger partial charge in [-0.1, -0.05) is 0 Å². The molecule has 0 bridgehead atoms.